The van der Waals surface area contributed by atoms with Crippen LogP contribution in [0.15, 0.2) is 91.3 Å². The number of ether oxygens (including phenoxy) is 1. The van der Waals surface area contributed by atoms with Crippen molar-refractivity contribution >= 4 is 28.8 Å². The first kappa shape index (κ1) is 25.1. The molecule has 1 amide bonds. The second kappa shape index (κ2) is 11.1. The van der Waals surface area contributed by atoms with Gasteiger partial charge in [0.15, 0.2) is 5.78 Å². The minimum absolute atomic E-state index is 0.114. The topological polar surface area (TPSA) is 115 Å². The van der Waals surface area contributed by atoms with E-state index in [1.54, 1.807) is 67.8 Å². The number of carbonyl (C=O) groups excluding carboxylic acids is 2. The van der Waals surface area contributed by atoms with Crippen molar-refractivity contribution in [2.24, 2.45) is 0 Å². The largest absolute Gasteiger partial charge is 0.489 e. The number of nitrogens with one attached hydrogen (secondary N) is 1. The van der Waals surface area contributed by atoms with E-state index in [2.05, 4.69) is 10.3 Å². The molecule has 0 fully saturated rings. The number of pyridine rings is 1. The molecule has 1 aromatic heterocycles. The van der Waals surface area contributed by atoms with Crippen LogP contribution < -0.4 is 15.0 Å². The van der Waals surface area contributed by atoms with Crippen molar-refractivity contribution in [1.29, 1.82) is 0 Å². The Balaban J connectivity index is 1.55. The van der Waals surface area contributed by atoms with Gasteiger partial charge in [-0.15, -0.1) is 0 Å². The normalized spacial score (nSPS) is 10.4. The predicted octanol–water partition coefficient (Wildman–Crippen LogP) is 5.12. The molecule has 4 rings (SSSR count). The van der Waals surface area contributed by atoms with Gasteiger partial charge in [-0.3, -0.25) is 24.7 Å². The van der Waals surface area contributed by atoms with Gasteiger partial charge in [-0.25, -0.2) is 0 Å². The lowest BCUT2D eigenvalue weighted by Crippen LogP contribution is -2.17. The van der Waals surface area contributed by atoms with E-state index in [0.29, 0.717) is 23.7 Å². The van der Waals surface area contributed by atoms with E-state index in [-0.39, 0.29) is 22.4 Å². The highest BCUT2D eigenvalue weighted by Crippen LogP contribution is 2.29. The standard InChI is InChI=1S/C28H24N4O5/c1-31(2)25-13-12-20(15-26(25)32(35)36)27(33)23-10-3-4-11-24(23)28(34)30-21-8-5-9-22(16-21)37-18-19-7-6-14-29-17-19/h3-17H,18H2,1-2H3,(H,30,34). The fraction of sp³-hybridized carbons (Fsp3) is 0.107. The maximum atomic E-state index is 13.3. The number of ketones is 1. The molecule has 9 heteroatoms. The molecular formula is C28H24N4O5. The third-order valence-electron chi connectivity index (χ3n) is 5.55. The van der Waals surface area contributed by atoms with Crippen molar-refractivity contribution < 1.29 is 19.2 Å². The first-order valence-corrected chi connectivity index (χ1v) is 11.4. The molecule has 0 bridgehead atoms. The lowest BCUT2D eigenvalue weighted by atomic mass is 9.97. The van der Waals surface area contributed by atoms with E-state index in [1.807, 2.05) is 12.1 Å². The third-order valence-corrected chi connectivity index (χ3v) is 5.55. The molecule has 37 heavy (non-hydrogen) atoms. The molecule has 9 nitrogen and oxygen atoms in total. The van der Waals surface area contributed by atoms with Gasteiger partial charge in [0.05, 0.1) is 10.5 Å². The predicted molar refractivity (Wildman–Crippen MR) is 140 cm³/mol. The number of rotatable bonds is 9. The van der Waals surface area contributed by atoms with Crippen molar-refractivity contribution in [3.05, 3.63) is 124 Å². The molecule has 0 spiro atoms. The number of aromatic nitrogens is 1. The van der Waals surface area contributed by atoms with Gasteiger partial charge in [0, 0.05) is 61.0 Å². The van der Waals surface area contributed by atoms with E-state index in [4.69, 9.17) is 4.74 Å². The highest BCUT2D eigenvalue weighted by atomic mass is 16.6. The summed E-state index contributed by atoms with van der Waals surface area (Å²) < 4.78 is 5.79. The van der Waals surface area contributed by atoms with Crippen LogP contribution >= 0.6 is 0 Å². The summed E-state index contributed by atoms with van der Waals surface area (Å²) in [7, 11) is 3.37. The molecule has 186 valence electrons. The van der Waals surface area contributed by atoms with E-state index in [9.17, 15) is 19.7 Å². The molecule has 4 aromatic rings. The second-order valence-corrected chi connectivity index (χ2v) is 8.36. The SMILES string of the molecule is CN(C)c1ccc(C(=O)c2ccccc2C(=O)Nc2cccc(OCc3cccnc3)c2)cc1[N+](=O)[O-]. The van der Waals surface area contributed by atoms with Crippen molar-refractivity contribution in [3.63, 3.8) is 0 Å². The Morgan fingerprint density at radius 2 is 1.76 bits per heavy atom. The summed E-state index contributed by atoms with van der Waals surface area (Å²) in [6, 6.07) is 21.2. The van der Waals surface area contributed by atoms with Crippen molar-refractivity contribution in [2.75, 3.05) is 24.3 Å². The molecule has 0 aliphatic rings. The van der Waals surface area contributed by atoms with Crippen LogP contribution in [0.1, 0.15) is 31.8 Å². The number of nitro groups is 1. The number of anilines is 2. The zero-order chi connectivity index (χ0) is 26.4. The van der Waals surface area contributed by atoms with Crippen molar-refractivity contribution in [1.82, 2.24) is 4.98 Å². The van der Waals surface area contributed by atoms with Crippen LogP contribution in [0.5, 0.6) is 5.75 Å². The monoisotopic (exact) mass is 496 g/mol. The number of nitrogens with zero attached hydrogens (tertiary/aromatic N) is 3. The van der Waals surface area contributed by atoms with Crippen molar-refractivity contribution in [3.8, 4) is 5.75 Å². The smallest absolute Gasteiger partial charge is 0.293 e. The molecule has 0 aliphatic carbocycles. The van der Waals surface area contributed by atoms with Gasteiger partial charge in [-0.05, 0) is 36.4 Å². The van der Waals surface area contributed by atoms with Gasteiger partial charge in [0.25, 0.3) is 11.6 Å². The van der Waals surface area contributed by atoms with Crippen LogP contribution in [0.4, 0.5) is 17.1 Å². The molecule has 1 N–H and O–H groups in total. The minimum atomic E-state index is -0.534. The molecule has 0 aliphatic heterocycles. The Morgan fingerprint density at radius 1 is 0.973 bits per heavy atom. The number of amides is 1. The van der Waals surface area contributed by atoms with Crippen LogP contribution in [0.3, 0.4) is 0 Å². The van der Waals surface area contributed by atoms with Crippen LogP contribution in [-0.4, -0.2) is 35.7 Å². The van der Waals surface area contributed by atoms with Gasteiger partial charge < -0.3 is 15.0 Å². The van der Waals surface area contributed by atoms with E-state index in [1.165, 1.54) is 30.3 Å². The van der Waals surface area contributed by atoms with Gasteiger partial charge in [0.1, 0.15) is 18.0 Å². The Kier molecular flexibility index (Phi) is 7.53. The molecule has 0 atom stereocenters. The summed E-state index contributed by atoms with van der Waals surface area (Å²) in [6.07, 6.45) is 3.39. The molecule has 0 saturated carbocycles. The highest BCUT2D eigenvalue weighted by molar-refractivity contribution is 6.18. The van der Waals surface area contributed by atoms with Crippen molar-refractivity contribution in [2.45, 2.75) is 6.61 Å². The van der Waals surface area contributed by atoms with Gasteiger partial charge in [0.2, 0.25) is 0 Å². The first-order valence-electron chi connectivity index (χ1n) is 11.4. The van der Waals surface area contributed by atoms with E-state index < -0.39 is 16.6 Å². The summed E-state index contributed by atoms with van der Waals surface area (Å²) in [5.41, 5.74) is 1.97. The second-order valence-electron chi connectivity index (χ2n) is 8.36. The summed E-state index contributed by atoms with van der Waals surface area (Å²) in [6.45, 7) is 0.321. The van der Waals surface area contributed by atoms with E-state index >= 15 is 0 Å². The lowest BCUT2D eigenvalue weighted by molar-refractivity contribution is -0.384. The number of nitro benzene ring substituents is 1. The fourth-order valence-corrected chi connectivity index (χ4v) is 3.74. The van der Waals surface area contributed by atoms with Crippen LogP contribution in [0.2, 0.25) is 0 Å². The highest BCUT2D eigenvalue weighted by Gasteiger charge is 2.23. The first-order chi connectivity index (χ1) is 17.8. The fourth-order valence-electron chi connectivity index (χ4n) is 3.74. The Morgan fingerprint density at radius 3 is 2.46 bits per heavy atom. The van der Waals surface area contributed by atoms with Gasteiger partial charge in [-0.2, -0.15) is 0 Å². The van der Waals surface area contributed by atoms with Gasteiger partial charge >= 0.3 is 0 Å². The Hall–Kier alpha value is -5.05. The van der Waals surface area contributed by atoms with Crippen LogP contribution in [0, 0.1) is 10.1 Å². The zero-order valence-electron chi connectivity index (χ0n) is 20.3. The number of hydrogen-bond donors (Lipinski definition) is 1. The van der Waals surface area contributed by atoms with E-state index in [0.717, 1.165) is 5.56 Å². The summed E-state index contributed by atoms with van der Waals surface area (Å²) >= 11 is 0. The average Bonchev–Trinajstić information content (AvgIpc) is 2.92. The molecule has 0 radical (unpaired) electrons. The summed E-state index contributed by atoms with van der Waals surface area (Å²) in [5, 5.41) is 14.4. The average molecular weight is 497 g/mol. The molecule has 0 saturated heterocycles. The van der Waals surface area contributed by atoms with Gasteiger partial charge in [-0.1, -0.05) is 30.3 Å². The summed E-state index contributed by atoms with van der Waals surface area (Å²) in [5.74, 6) is -0.431. The summed E-state index contributed by atoms with van der Waals surface area (Å²) in [4.78, 5) is 43.1. The maximum absolute atomic E-state index is 13.3. The Bertz CT molecular complexity index is 1450. The van der Waals surface area contributed by atoms with Crippen LogP contribution in [-0.2, 0) is 6.61 Å². The molecular weight excluding hydrogens is 472 g/mol. The molecule has 0 unspecified atom stereocenters. The number of benzene rings is 3. The lowest BCUT2D eigenvalue weighted by Gasteiger charge is -2.14. The Labute approximate surface area is 213 Å². The molecule has 3 aromatic carbocycles. The quantitative estimate of drug-likeness (QED) is 0.194. The number of hydrogen-bond acceptors (Lipinski definition) is 7. The zero-order valence-corrected chi connectivity index (χ0v) is 20.3. The maximum Gasteiger partial charge on any atom is 0.293 e. The third kappa shape index (κ3) is 5.96. The minimum Gasteiger partial charge on any atom is -0.489 e. The molecule has 1 heterocycles. The van der Waals surface area contributed by atoms with Crippen LogP contribution in [0.25, 0.3) is 0 Å². The number of carbonyl (C=O) groups is 2.